The van der Waals surface area contributed by atoms with Gasteiger partial charge >= 0.3 is 0 Å². The summed E-state index contributed by atoms with van der Waals surface area (Å²) in [4.78, 5) is 65.6. The first-order chi connectivity index (χ1) is 20.1. The van der Waals surface area contributed by atoms with E-state index in [4.69, 9.17) is 0 Å². The molecule has 0 saturated carbocycles. The molecule has 3 atom stereocenters. The number of ketones is 4. The van der Waals surface area contributed by atoms with Crippen molar-refractivity contribution in [2.24, 2.45) is 17.8 Å². The van der Waals surface area contributed by atoms with E-state index in [2.05, 4.69) is 5.32 Å². The molecule has 6 heteroatoms. The number of hydrogen-bond acceptors (Lipinski definition) is 5. The Morgan fingerprint density at radius 2 is 1.21 bits per heavy atom. The van der Waals surface area contributed by atoms with Gasteiger partial charge in [-0.25, -0.2) is 0 Å². The van der Waals surface area contributed by atoms with Gasteiger partial charge < -0.3 is 5.32 Å². The van der Waals surface area contributed by atoms with Crippen LogP contribution in [0.4, 0.5) is 0 Å². The van der Waals surface area contributed by atoms with E-state index in [1.165, 1.54) is 0 Å². The summed E-state index contributed by atoms with van der Waals surface area (Å²) in [6.07, 6.45) is 1.18. The fourth-order valence-corrected chi connectivity index (χ4v) is 5.06. The number of amides is 1. The van der Waals surface area contributed by atoms with E-state index < -0.39 is 35.4 Å². The number of carbonyl (C=O) groups is 5. The molecule has 0 aliphatic rings. The van der Waals surface area contributed by atoms with E-state index in [1.807, 2.05) is 80.6 Å². The van der Waals surface area contributed by atoms with Crippen LogP contribution in [-0.4, -0.2) is 35.1 Å². The maximum atomic E-state index is 13.4. The molecule has 0 heterocycles. The van der Waals surface area contributed by atoms with Gasteiger partial charge in [0.2, 0.25) is 11.7 Å². The van der Waals surface area contributed by atoms with Gasteiger partial charge in [0.05, 0.1) is 6.04 Å². The first kappa shape index (κ1) is 32.3. The quantitative estimate of drug-likeness (QED) is 0.159. The largest absolute Gasteiger partial charge is 0.346 e. The van der Waals surface area contributed by atoms with Gasteiger partial charge in [0.25, 0.3) is 0 Å². The summed E-state index contributed by atoms with van der Waals surface area (Å²) in [7, 11) is 0. The zero-order chi connectivity index (χ0) is 30.5. The summed E-state index contributed by atoms with van der Waals surface area (Å²) in [5, 5.41) is 2.79. The van der Waals surface area contributed by atoms with E-state index in [0.29, 0.717) is 24.8 Å². The zero-order valence-corrected chi connectivity index (χ0v) is 24.8. The second kappa shape index (κ2) is 16.3. The Hall–Kier alpha value is -4.19. The van der Waals surface area contributed by atoms with E-state index in [-0.39, 0.29) is 36.7 Å². The van der Waals surface area contributed by atoms with Crippen LogP contribution in [0.25, 0.3) is 0 Å². The van der Waals surface area contributed by atoms with Gasteiger partial charge in [-0.3, -0.25) is 24.0 Å². The van der Waals surface area contributed by atoms with Crippen molar-refractivity contribution in [3.63, 3.8) is 0 Å². The summed E-state index contributed by atoms with van der Waals surface area (Å²) in [6, 6.07) is 26.9. The SMILES string of the molecule is CC(C)C[C@H](CC(=O)[C@H](C)NC(=O)[C@@H](CC(=O)c1ccccc1)Cc1ccccc1)C(=O)C(=O)CCc1ccccc1. The second-order valence-electron chi connectivity index (χ2n) is 11.4. The molecule has 42 heavy (non-hydrogen) atoms. The Morgan fingerprint density at radius 1 is 0.667 bits per heavy atom. The van der Waals surface area contributed by atoms with Gasteiger partial charge in [0, 0.05) is 36.7 Å². The van der Waals surface area contributed by atoms with Crippen molar-refractivity contribution in [2.75, 3.05) is 0 Å². The van der Waals surface area contributed by atoms with Crippen molar-refractivity contribution in [1.29, 1.82) is 0 Å². The molecular formula is C36H41NO5. The fourth-order valence-electron chi connectivity index (χ4n) is 5.06. The molecule has 0 saturated heterocycles. The molecule has 1 N–H and O–H groups in total. The lowest BCUT2D eigenvalue weighted by Gasteiger charge is -2.22. The summed E-state index contributed by atoms with van der Waals surface area (Å²) in [5.74, 6) is -3.16. The van der Waals surface area contributed by atoms with E-state index >= 15 is 0 Å². The van der Waals surface area contributed by atoms with Crippen LogP contribution < -0.4 is 5.32 Å². The van der Waals surface area contributed by atoms with Crippen molar-refractivity contribution in [3.8, 4) is 0 Å². The molecule has 3 aromatic rings. The van der Waals surface area contributed by atoms with Gasteiger partial charge in [-0.05, 0) is 43.2 Å². The Bertz CT molecular complexity index is 1330. The molecule has 0 bridgehead atoms. The molecule has 0 aliphatic carbocycles. The van der Waals surface area contributed by atoms with Crippen LogP contribution in [0.15, 0.2) is 91.0 Å². The molecule has 0 spiro atoms. The highest BCUT2D eigenvalue weighted by molar-refractivity contribution is 6.38. The second-order valence-corrected chi connectivity index (χ2v) is 11.4. The predicted molar refractivity (Wildman–Crippen MR) is 164 cm³/mol. The van der Waals surface area contributed by atoms with Crippen molar-refractivity contribution >= 4 is 29.0 Å². The standard InChI is InChI=1S/C36H41NO5/c1-25(2)21-30(35(41)32(38)20-19-27-13-7-4-8-14-27)23-33(39)26(3)37-36(42)31(22-28-15-9-5-10-16-28)24-34(40)29-17-11-6-12-18-29/h4-18,25-26,30-31H,19-24H2,1-3H3,(H,37,42)/t26-,30+,31+/m0/s1. The lowest BCUT2D eigenvalue weighted by atomic mass is 9.85. The third-order valence-electron chi connectivity index (χ3n) is 7.40. The zero-order valence-electron chi connectivity index (χ0n) is 24.8. The Labute approximate surface area is 248 Å². The molecule has 0 radical (unpaired) electrons. The van der Waals surface area contributed by atoms with Crippen LogP contribution in [0, 0.1) is 17.8 Å². The Kier molecular flexibility index (Phi) is 12.5. The minimum Gasteiger partial charge on any atom is -0.346 e. The molecular weight excluding hydrogens is 526 g/mol. The molecule has 0 fully saturated rings. The van der Waals surface area contributed by atoms with E-state index in [9.17, 15) is 24.0 Å². The highest BCUT2D eigenvalue weighted by Crippen LogP contribution is 2.21. The molecule has 1 amide bonds. The van der Waals surface area contributed by atoms with Crippen LogP contribution in [0.2, 0.25) is 0 Å². The van der Waals surface area contributed by atoms with Crippen LogP contribution in [-0.2, 0) is 32.0 Å². The Balaban J connectivity index is 1.65. The number of hydrogen-bond donors (Lipinski definition) is 1. The van der Waals surface area contributed by atoms with Gasteiger partial charge in [0.1, 0.15) is 0 Å². The van der Waals surface area contributed by atoms with Crippen LogP contribution in [0.5, 0.6) is 0 Å². The summed E-state index contributed by atoms with van der Waals surface area (Å²) in [6.45, 7) is 5.48. The fraction of sp³-hybridized carbons (Fsp3) is 0.361. The van der Waals surface area contributed by atoms with Crippen molar-refractivity contribution in [1.82, 2.24) is 5.32 Å². The summed E-state index contributed by atoms with van der Waals surface area (Å²) >= 11 is 0. The number of Topliss-reactive ketones (excluding diaryl/α,β-unsaturated/α-hetero) is 4. The van der Waals surface area contributed by atoms with Gasteiger partial charge in [-0.2, -0.15) is 0 Å². The molecule has 0 aliphatic heterocycles. The van der Waals surface area contributed by atoms with Crippen molar-refractivity contribution in [2.45, 2.75) is 65.3 Å². The lowest BCUT2D eigenvalue weighted by molar-refractivity contribution is -0.140. The van der Waals surface area contributed by atoms with Crippen molar-refractivity contribution in [3.05, 3.63) is 108 Å². The third kappa shape index (κ3) is 10.3. The average Bonchev–Trinajstić information content (AvgIpc) is 2.99. The summed E-state index contributed by atoms with van der Waals surface area (Å²) in [5.41, 5.74) is 2.41. The van der Waals surface area contributed by atoms with Gasteiger partial charge in [-0.1, -0.05) is 105 Å². The minimum absolute atomic E-state index is 0.00394. The van der Waals surface area contributed by atoms with Crippen molar-refractivity contribution < 1.29 is 24.0 Å². The van der Waals surface area contributed by atoms with E-state index in [1.54, 1.807) is 31.2 Å². The van der Waals surface area contributed by atoms with Gasteiger partial charge in [0.15, 0.2) is 17.3 Å². The molecule has 6 nitrogen and oxygen atoms in total. The van der Waals surface area contributed by atoms with E-state index in [0.717, 1.165) is 11.1 Å². The highest BCUT2D eigenvalue weighted by Gasteiger charge is 2.31. The van der Waals surface area contributed by atoms with Gasteiger partial charge in [-0.15, -0.1) is 0 Å². The Morgan fingerprint density at radius 3 is 1.79 bits per heavy atom. The number of carbonyl (C=O) groups excluding carboxylic acids is 5. The number of aryl methyl sites for hydroxylation is 1. The number of rotatable bonds is 17. The topological polar surface area (TPSA) is 97.4 Å². The van der Waals surface area contributed by atoms with Crippen LogP contribution >= 0.6 is 0 Å². The number of nitrogens with one attached hydrogen (secondary N) is 1. The third-order valence-corrected chi connectivity index (χ3v) is 7.40. The maximum Gasteiger partial charge on any atom is 0.224 e. The average molecular weight is 568 g/mol. The normalized spacial score (nSPS) is 13.1. The minimum atomic E-state index is -0.871. The highest BCUT2D eigenvalue weighted by atomic mass is 16.2. The molecule has 0 aromatic heterocycles. The van der Waals surface area contributed by atoms with Crippen LogP contribution in [0.1, 0.15) is 67.9 Å². The first-order valence-electron chi connectivity index (χ1n) is 14.7. The lowest BCUT2D eigenvalue weighted by Crippen LogP contribution is -2.44. The molecule has 220 valence electrons. The molecule has 3 aromatic carbocycles. The number of benzene rings is 3. The van der Waals surface area contributed by atoms with Crippen LogP contribution in [0.3, 0.4) is 0 Å². The predicted octanol–water partition coefficient (Wildman–Crippen LogP) is 6.02. The summed E-state index contributed by atoms with van der Waals surface area (Å²) < 4.78 is 0. The first-order valence-corrected chi connectivity index (χ1v) is 14.7. The molecule has 3 rings (SSSR count). The monoisotopic (exact) mass is 567 g/mol. The molecule has 0 unspecified atom stereocenters. The maximum absolute atomic E-state index is 13.4. The smallest absolute Gasteiger partial charge is 0.224 e.